The van der Waals surface area contributed by atoms with Crippen LogP contribution in [0, 0.1) is 0 Å². The van der Waals surface area contributed by atoms with E-state index in [1.54, 1.807) is 26.1 Å². The van der Waals surface area contributed by atoms with Gasteiger partial charge in [-0.1, -0.05) is 18.2 Å². The number of aryl methyl sites for hydroxylation is 1. The van der Waals surface area contributed by atoms with Crippen LogP contribution in [0.4, 0.5) is 0 Å². The van der Waals surface area contributed by atoms with Gasteiger partial charge < -0.3 is 14.7 Å². The molecule has 1 N–H and O–H groups in total. The van der Waals surface area contributed by atoms with Crippen molar-refractivity contribution in [3.63, 3.8) is 0 Å². The predicted molar refractivity (Wildman–Crippen MR) is 113 cm³/mol. The lowest BCUT2D eigenvalue weighted by Crippen LogP contribution is -2.51. The van der Waals surface area contributed by atoms with Gasteiger partial charge in [0.05, 0.1) is 0 Å². The van der Waals surface area contributed by atoms with Gasteiger partial charge in [0.1, 0.15) is 17.0 Å². The van der Waals surface area contributed by atoms with Gasteiger partial charge in [0.2, 0.25) is 0 Å². The van der Waals surface area contributed by atoms with E-state index in [9.17, 15) is 4.79 Å². The highest BCUT2D eigenvalue weighted by Crippen LogP contribution is 2.39. The summed E-state index contributed by atoms with van der Waals surface area (Å²) in [5, 5.41) is 8.06. The number of aromatic nitrogens is 1. The van der Waals surface area contributed by atoms with E-state index < -0.39 is 0 Å². The van der Waals surface area contributed by atoms with Crippen LogP contribution in [0.15, 0.2) is 47.1 Å². The molecule has 1 spiro atoms. The maximum atomic E-state index is 12.6. The summed E-state index contributed by atoms with van der Waals surface area (Å²) in [6, 6.07) is 11.9. The third-order valence-corrected chi connectivity index (χ3v) is 5.53. The third kappa shape index (κ3) is 5.11. The number of benzene rings is 1. The monoisotopic (exact) mass is 446 g/mol. The first-order valence-electron chi connectivity index (χ1n) is 9.74. The number of para-hydroxylation sites is 1. The minimum absolute atomic E-state index is 0.00793. The van der Waals surface area contributed by atoms with E-state index in [-0.39, 0.29) is 17.6 Å². The lowest BCUT2D eigenvalue weighted by atomic mass is 9.83. The van der Waals surface area contributed by atoms with Crippen molar-refractivity contribution in [1.29, 1.82) is 0 Å². The van der Waals surface area contributed by atoms with E-state index in [1.165, 1.54) is 5.56 Å². The van der Waals surface area contributed by atoms with Crippen LogP contribution in [0.25, 0.3) is 0 Å². The Bertz CT molecular complexity index is 797. The summed E-state index contributed by atoms with van der Waals surface area (Å²) in [6.07, 6.45) is 5.34. The number of hydrogen-bond acceptors (Lipinski definition) is 4. The topological polar surface area (TPSA) is 62.7 Å². The van der Waals surface area contributed by atoms with Gasteiger partial charge in [-0.15, -0.1) is 0 Å². The fourth-order valence-corrected chi connectivity index (χ4v) is 3.82. The number of carbonyl (C=O) groups excluding carboxylic acids is 1. The molecule has 6 heteroatoms. The number of amides is 1. The van der Waals surface area contributed by atoms with Gasteiger partial charge in [-0.2, -0.15) is 0 Å². The number of nitrogens with zero attached hydrogens (tertiary/aromatic N) is 2. The molecule has 3 heterocycles. The number of aliphatic hydroxyl groups excluding tert-OH is 1. The average molecular weight is 447 g/mol. The Labute approximate surface area is 174 Å². The van der Waals surface area contributed by atoms with E-state index in [4.69, 9.17) is 9.84 Å². The van der Waals surface area contributed by atoms with Crippen LogP contribution in [-0.4, -0.2) is 45.7 Å². The molecule has 0 aliphatic carbocycles. The summed E-state index contributed by atoms with van der Waals surface area (Å²) < 4.78 is 7.23. The molecule has 2 aliphatic heterocycles. The molecule has 4 rings (SSSR count). The van der Waals surface area contributed by atoms with Crippen molar-refractivity contribution >= 4 is 21.8 Å². The number of fused-ring (bicyclic) bond motifs is 1. The van der Waals surface area contributed by atoms with Gasteiger partial charge >= 0.3 is 0 Å². The normalized spacial score (nSPS) is 17.4. The van der Waals surface area contributed by atoms with E-state index in [0.717, 1.165) is 49.0 Å². The zero-order chi connectivity index (χ0) is 20.1. The summed E-state index contributed by atoms with van der Waals surface area (Å²) in [5.74, 6) is 1.02. The number of halogens is 1. The Morgan fingerprint density at radius 3 is 2.50 bits per heavy atom. The SMILES string of the molecule is CC(C)O.O=C(c1ccc(Br)cn1)N1CCC2(CCc3ccccc3O2)CC1. The Balaban J connectivity index is 0.000000516. The smallest absolute Gasteiger partial charge is 0.272 e. The minimum Gasteiger partial charge on any atom is -0.487 e. The number of hydrogen-bond donors (Lipinski definition) is 1. The highest BCUT2D eigenvalue weighted by molar-refractivity contribution is 9.10. The zero-order valence-electron chi connectivity index (χ0n) is 16.4. The highest BCUT2D eigenvalue weighted by Gasteiger charge is 2.40. The molecule has 2 aliphatic rings. The molecule has 28 heavy (non-hydrogen) atoms. The largest absolute Gasteiger partial charge is 0.487 e. The van der Waals surface area contributed by atoms with Crippen molar-refractivity contribution in [3.05, 3.63) is 58.3 Å². The number of piperidine rings is 1. The molecule has 0 radical (unpaired) electrons. The van der Waals surface area contributed by atoms with Crippen LogP contribution in [0.5, 0.6) is 5.75 Å². The Hall–Kier alpha value is -1.92. The molecule has 1 aromatic carbocycles. The van der Waals surface area contributed by atoms with Crippen LogP contribution in [0.2, 0.25) is 0 Å². The highest BCUT2D eigenvalue weighted by atomic mass is 79.9. The number of ether oxygens (including phenoxy) is 1. The van der Waals surface area contributed by atoms with Crippen LogP contribution in [0.1, 0.15) is 49.2 Å². The lowest BCUT2D eigenvalue weighted by Gasteiger charge is -2.44. The quantitative estimate of drug-likeness (QED) is 0.711. The van der Waals surface area contributed by atoms with Gasteiger partial charge in [-0.3, -0.25) is 4.79 Å². The lowest BCUT2D eigenvalue weighted by molar-refractivity contribution is -0.0108. The van der Waals surface area contributed by atoms with Crippen molar-refractivity contribution in [2.75, 3.05) is 13.1 Å². The first-order chi connectivity index (χ1) is 13.4. The molecule has 2 aromatic rings. The average Bonchev–Trinajstić information content (AvgIpc) is 2.68. The van der Waals surface area contributed by atoms with Gasteiger partial charge in [0.25, 0.3) is 5.91 Å². The van der Waals surface area contributed by atoms with Gasteiger partial charge in [-0.25, -0.2) is 4.98 Å². The van der Waals surface area contributed by atoms with E-state index in [2.05, 4.69) is 39.1 Å². The molecule has 5 nitrogen and oxygen atoms in total. The predicted octanol–water partition coefficient (Wildman–Crippen LogP) is 4.23. The molecule has 1 amide bonds. The molecule has 1 saturated heterocycles. The van der Waals surface area contributed by atoms with E-state index >= 15 is 0 Å². The molecule has 1 aromatic heterocycles. The van der Waals surface area contributed by atoms with Crippen molar-refractivity contribution in [3.8, 4) is 5.75 Å². The number of aliphatic hydroxyl groups is 1. The zero-order valence-corrected chi connectivity index (χ0v) is 18.0. The maximum absolute atomic E-state index is 12.6. The maximum Gasteiger partial charge on any atom is 0.272 e. The second-order valence-corrected chi connectivity index (χ2v) is 8.56. The Morgan fingerprint density at radius 1 is 1.18 bits per heavy atom. The molecule has 0 atom stereocenters. The molecule has 150 valence electrons. The van der Waals surface area contributed by atoms with Crippen LogP contribution < -0.4 is 4.74 Å². The summed E-state index contributed by atoms with van der Waals surface area (Å²) in [6.45, 7) is 4.89. The molecule has 1 fully saturated rings. The van der Waals surface area contributed by atoms with Crippen molar-refractivity contribution in [2.45, 2.75) is 51.2 Å². The van der Waals surface area contributed by atoms with E-state index in [1.807, 2.05) is 17.0 Å². The first-order valence-corrected chi connectivity index (χ1v) is 10.5. The van der Waals surface area contributed by atoms with Crippen LogP contribution in [-0.2, 0) is 6.42 Å². The first kappa shape index (κ1) is 20.8. The minimum atomic E-state index is -0.167. The molecular formula is C22H27BrN2O3. The fourth-order valence-electron chi connectivity index (χ4n) is 3.59. The Morgan fingerprint density at radius 2 is 1.86 bits per heavy atom. The molecule has 0 saturated carbocycles. The summed E-state index contributed by atoms with van der Waals surface area (Å²) >= 11 is 3.35. The second kappa shape index (κ2) is 9.05. The summed E-state index contributed by atoms with van der Waals surface area (Å²) in [7, 11) is 0. The fraction of sp³-hybridized carbons (Fsp3) is 0.455. The van der Waals surface area contributed by atoms with Gasteiger partial charge in [0, 0.05) is 42.7 Å². The third-order valence-electron chi connectivity index (χ3n) is 5.06. The standard InChI is InChI=1S/C19H19BrN2O2.C3H8O/c20-15-5-6-16(21-13-15)18(23)22-11-9-19(10-12-22)8-7-14-3-1-2-4-17(14)24-19;1-3(2)4/h1-6,13H,7-12H2;3-4H,1-2H3. The Kier molecular flexibility index (Phi) is 6.73. The number of rotatable bonds is 1. The van der Waals surface area contributed by atoms with Crippen molar-refractivity contribution in [1.82, 2.24) is 9.88 Å². The molecular weight excluding hydrogens is 420 g/mol. The van der Waals surface area contributed by atoms with Gasteiger partial charge in [0.15, 0.2) is 0 Å². The number of carbonyl (C=O) groups is 1. The number of likely N-dealkylation sites (tertiary alicyclic amines) is 1. The molecule has 0 bridgehead atoms. The van der Waals surface area contributed by atoms with E-state index in [0.29, 0.717) is 5.69 Å². The summed E-state index contributed by atoms with van der Waals surface area (Å²) in [4.78, 5) is 18.7. The molecule has 0 unspecified atom stereocenters. The number of pyridine rings is 1. The van der Waals surface area contributed by atoms with Crippen LogP contribution in [0.3, 0.4) is 0 Å². The second-order valence-electron chi connectivity index (χ2n) is 7.64. The van der Waals surface area contributed by atoms with Gasteiger partial charge in [-0.05, 0) is 66.4 Å². The van der Waals surface area contributed by atoms with Crippen molar-refractivity contribution < 1.29 is 14.6 Å². The van der Waals surface area contributed by atoms with Crippen molar-refractivity contribution in [2.24, 2.45) is 0 Å². The summed E-state index contributed by atoms with van der Waals surface area (Å²) in [5.41, 5.74) is 1.68. The van der Waals surface area contributed by atoms with Crippen LogP contribution >= 0.6 is 15.9 Å².